The van der Waals surface area contributed by atoms with E-state index in [1.54, 1.807) is 12.1 Å². The number of halogens is 1. The van der Waals surface area contributed by atoms with E-state index in [1.807, 2.05) is 12.1 Å². The van der Waals surface area contributed by atoms with Gasteiger partial charge in [-0.15, -0.1) is 0 Å². The van der Waals surface area contributed by atoms with Crippen molar-refractivity contribution in [3.8, 4) is 0 Å². The Morgan fingerprint density at radius 1 is 1.29 bits per heavy atom. The molecule has 17 heavy (non-hydrogen) atoms. The SMILES string of the molecule is COC(CNC(=O)c1ccc(CBr)cc1)OC. The fourth-order valence-electron chi connectivity index (χ4n) is 1.29. The fourth-order valence-corrected chi connectivity index (χ4v) is 1.66. The summed E-state index contributed by atoms with van der Waals surface area (Å²) in [6.07, 6.45) is -0.416. The zero-order chi connectivity index (χ0) is 12.7. The summed E-state index contributed by atoms with van der Waals surface area (Å²) in [5, 5.41) is 3.52. The number of methoxy groups -OCH3 is 2. The first-order valence-electron chi connectivity index (χ1n) is 5.20. The molecule has 1 amide bonds. The summed E-state index contributed by atoms with van der Waals surface area (Å²) >= 11 is 3.35. The van der Waals surface area contributed by atoms with E-state index >= 15 is 0 Å². The Balaban J connectivity index is 2.51. The lowest BCUT2D eigenvalue weighted by molar-refractivity contribution is -0.0974. The molecular formula is C12H16BrNO3. The van der Waals surface area contributed by atoms with Crippen LogP contribution in [-0.4, -0.2) is 33.0 Å². The molecule has 0 atom stereocenters. The van der Waals surface area contributed by atoms with Crippen LogP contribution >= 0.6 is 15.9 Å². The molecule has 0 unspecified atom stereocenters. The number of alkyl halides is 1. The van der Waals surface area contributed by atoms with E-state index in [1.165, 1.54) is 14.2 Å². The van der Waals surface area contributed by atoms with Crippen molar-refractivity contribution in [1.29, 1.82) is 0 Å². The van der Waals surface area contributed by atoms with Crippen molar-refractivity contribution in [3.63, 3.8) is 0 Å². The quantitative estimate of drug-likeness (QED) is 0.645. The second-order valence-electron chi connectivity index (χ2n) is 3.44. The van der Waals surface area contributed by atoms with E-state index in [-0.39, 0.29) is 5.91 Å². The lowest BCUT2D eigenvalue weighted by Gasteiger charge is -2.14. The molecule has 94 valence electrons. The highest BCUT2D eigenvalue weighted by Gasteiger charge is 2.09. The maximum absolute atomic E-state index is 11.7. The Hall–Kier alpha value is -0.910. The van der Waals surface area contributed by atoms with Crippen LogP contribution in [0.15, 0.2) is 24.3 Å². The maximum Gasteiger partial charge on any atom is 0.251 e. The number of ether oxygens (including phenoxy) is 2. The number of rotatable bonds is 6. The highest BCUT2D eigenvalue weighted by Crippen LogP contribution is 2.07. The molecule has 0 heterocycles. The molecule has 0 fully saturated rings. The van der Waals surface area contributed by atoms with Gasteiger partial charge in [0, 0.05) is 25.1 Å². The molecule has 0 aromatic heterocycles. The average Bonchev–Trinajstić information content (AvgIpc) is 2.39. The van der Waals surface area contributed by atoms with Gasteiger partial charge in [-0.05, 0) is 17.7 Å². The third-order valence-corrected chi connectivity index (χ3v) is 2.97. The number of amides is 1. The molecule has 0 aliphatic heterocycles. The molecule has 1 N–H and O–H groups in total. The van der Waals surface area contributed by atoms with Crippen LogP contribution in [0.4, 0.5) is 0 Å². The second-order valence-corrected chi connectivity index (χ2v) is 4.00. The Bertz CT molecular complexity index is 349. The van der Waals surface area contributed by atoms with Crippen molar-refractivity contribution in [1.82, 2.24) is 5.32 Å². The smallest absolute Gasteiger partial charge is 0.251 e. The summed E-state index contributed by atoms with van der Waals surface area (Å²) in [5.74, 6) is -0.134. The van der Waals surface area contributed by atoms with Crippen molar-refractivity contribution in [3.05, 3.63) is 35.4 Å². The number of nitrogens with one attached hydrogen (secondary N) is 1. The summed E-state index contributed by atoms with van der Waals surface area (Å²) in [6.45, 7) is 0.325. The first-order valence-corrected chi connectivity index (χ1v) is 6.32. The molecule has 1 aromatic rings. The second kappa shape index (κ2) is 7.42. The fraction of sp³-hybridized carbons (Fsp3) is 0.417. The zero-order valence-corrected chi connectivity index (χ0v) is 11.5. The third kappa shape index (κ3) is 4.46. The van der Waals surface area contributed by atoms with Gasteiger partial charge in [-0.1, -0.05) is 28.1 Å². The van der Waals surface area contributed by atoms with Crippen molar-refractivity contribution >= 4 is 21.8 Å². The van der Waals surface area contributed by atoms with Crippen molar-refractivity contribution in [2.45, 2.75) is 11.6 Å². The minimum Gasteiger partial charge on any atom is -0.354 e. The Morgan fingerprint density at radius 2 is 1.88 bits per heavy atom. The van der Waals surface area contributed by atoms with E-state index in [9.17, 15) is 4.79 Å². The van der Waals surface area contributed by atoms with Gasteiger partial charge in [-0.3, -0.25) is 4.79 Å². The van der Waals surface area contributed by atoms with Crippen LogP contribution < -0.4 is 5.32 Å². The van der Waals surface area contributed by atoms with Crippen LogP contribution in [0.1, 0.15) is 15.9 Å². The van der Waals surface area contributed by atoms with E-state index in [0.29, 0.717) is 12.1 Å². The Labute approximate surface area is 109 Å². The zero-order valence-electron chi connectivity index (χ0n) is 9.90. The van der Waals surface area contributed by atoms with Crippen LogP contribution in [0.2, 0.25) is 0 Å². The highest BCUT2D eigenvalue weighted by atomic mass is 79.9. The molecule has 1 rings (SSSR count). The minimum absolute atomic E-state index is 0.134. The lowest BCUT2D eigenvalue weighted by Crippen LogP contribution is -2.34. The summed E-state index contributed by atoms with van der Waals surface area (Å²) < 4.78 is 9.96. The molecular weight excluding hydrogens is 286 g/mol. The number of carbonyl (C=O) groups is 1. The predicted octanol–water partition coefficient (Wildman–Crippen LogP) is 1.93. The normalized spacial score (nSPS) is 10.6. The van der Waals surface area contributed by atoms with Crippen LogP contribution in [-0.2, 0) is 14.8 Å². The first-order chi connectivity index (χ1) is 8.21. The summed E-state index contributed by atoms with van der Waals surface area (Å²) in [5.41, 5.74) is 1.76. The minimum atomic E-state index is -0.416. The van der Waals surface area contributed by atoms with Gasteiger partial charge in [-0.25, -0.2) is 0 Å². The number of benzene rings is 1. The molecule has 1 aromatic carbocycles. The van der Waals surface area contributed by atoms with E-state index in [4.69, 9.17) is 9.47 Å². The number of hydrogen-bond acceptors (Lipinski definition) is 3. The topological polar surface area (TPSA) is 47.6 Å². The van der Waals surface area contributed by atoms with Gasteiger partial charge in [0.05, 0.1) is 6.54 Å². The standard InChI is InChI=1S/C12H16BrNO3/c1-16-11(17-2)8-14-12(15)10-5-3-9(7-13)4-6-10/h3-6,11H,7-8H2,1-2H3,(H,14,15). The Kier molecular flexibility index (Phi) is 6.18. The number of carbonyl (C=O) groups excluding carboxylic acids is 1. The van der Waals surface area contributed by atoms with Gasteiger partial charge in [0.2, 0.25) is 0 Å². The maximum atomic E-state index is 11.7. The monoisotopic (exact) mass is 301 g/mol. The summed E-state index contributed by atoms with van der Waals surface area (Å²) in [6, 6.07) is 7.41. The summed E-state index contributed by atoms with van der Waals surface area (Å²) in [4.78, 5) is 11.7. The Morgan fingerprint density at radius 3 is 2.35 bits per heavy atom. The molecule has 0 saturated carbocycles. The average molecular weight is 302 g/mol. The van der Waals surface area contributed by atoms with Crippen LogP contribution in [0, 0.1) is 0 Å². The first kappa shape index (κ1) is 14.2. The molecule has 0 saturated heterocycles. The van der Waals surface area contributed by atoms with Gasteiger partial charge in [0.1, 0.15) is 0 Å². The molecule has 0 aliphatic rings. The van der Waals surface area contributed by atoms with Gasteiger partial charge < -0.3 is 14.8 Å². The lowest BCUT2D eigenvalue weighted by atomic mass is 10.1. The van der Waals surface area contributed by atoms with E-state index in [0.717, 1.165) is 10.9 Å². The molecule has 0 aliphatic carbocycles. The largest absolute Gasteiger partial charge is 0.354 e. The van der Waals surface area contributed by atoms with Gasteiger partial charge in [0.25, 0.3) is 5.91 Å². The van der Waals surface area contributed by atoms with Gasteiger partial charge in [-0.2, -0.15) is 0 Å². The molecule has 0 bridgehead atoms. The predicted molar refractivity (Wildman–Crippen MR) is 69.2 cm³/mol. The molecule has 5 heteroatoms. The van der Waals surface area contributed by atoms with Crippen molar-refractivity contribution < 1.29 is 14.3 Å². The van der Waals surface area contributed by atoms with Crippen molar-refractivity contribution in [2.75, 3.05) is 20.8 Å². The third-order valence-electron chi connectivity index (χ3n) is 2.33. The van der Waals surface area contributed by atoms with Crippen LogP contribution in [0.3, 0.4) is 0 Å². The van der Waals surface area contributed by atoms with Gasteiger partial charge >= 0.3 is 0 Å². The van der Waals surface area contributed by atoms with Crippen LogP contribution in [0.5, 0.6) is 0 Å². The molecule has 0 radical (unpaired) electrons. The number of hydrogen-bond donors (Lipinski definition) is 1. The van der Waals surface area contributed by atoms with Crippen LogP contribution in [0.25, 0.3) is 0 Å². The van der Waals surface area contributed by atoms with Crippen molar-refractivity contribution in [2.24, 2.45) is 0 Å². The van der Waals surface area contributed by atoms with Gasteiger partial charge in [0.15, 0.2) is 6.29 Å². The summed E-state index contributed by atoms with van der Waals surface area (Å²) in [7, 11) is 3.07. The van der Waals surface area contributed by atoms with E-state index < -0.39 is 6.29 Å². The highest BCUT2D eigenvalue weighted by molar-refractivity contribution is 9.08. The van der Waals surface area contributed by atoms with E-state index in [2.05, 4.69) is 21.2 Å². The molecule has 4 nitrogen and oxygen atoms in total. The molecule has 0 spiro atoms.